The molecular weight excluding hydrogens is 290 g/mol. The van der Waals surface area contributed by atoms with Gasteiger partial charge in [0.15, 0.2) is 17.3 Å². The van der Waals surface area contributed by atoms with Crippen molar-refractivity contribution in [2.75, 3.05) is 28.3 Å². The van der Waals surface area contributed by atoms with Crippen LogP contribution in [0.3, 0.4) is 0 Å². The lowest BCUT2D eigenvalue weighted by atomic mass is 10.2. The van der Waals surface area contributed by atoms with Crippen LogP contribution < -0.4 is 15.2 Å². The van der Waals surface area contributed by atoms with E-state index in [-0.39, 0.29) is 18.3 Å². The number of hydrogen-bond donors (Lipinski definition) is 0. The summed E-state index contributed by atoms with van der Waals surface area (Å²) in [6.07, 6.45) is 0. The molecule has 0 atom stereocenters. The molecule has 22 heavy (non-hydrogen) atoms. The molecule has 118 valence electrons. The molecule has 0 spiro atoms. The molecule has 1 aromatic heterocycles. The van der Waals surface area contributed by atoms with Gasteiger partial charge in [0, 0.05) is 19.7 Å². The van der Waals surface area contributed by atoms with Crippen molar-refractivity contribution < 1.29 is 18.8 Å². The largest absolute Gasteiger partial charge is 0.493 e. The number of nitrogens with zero attached hydrogens (tertiary/aromatic N) is 3. The molecule has 0 fully saturated rings. The van der Waals surface area contributed by atoms with Crippen LogP contribution in [-0.2, 0) is 11.3 Å². The number of ether oxygens (including phenoxy) is 2. The molecule has 1 aromatic carbocycles. The number of carbonyl (C=O) groups is 1. The normalized spacial score (nSPS) is 10.4. The molecule has 8 nitrogen and oxygen atoms in total. The summed E-state index contributed by atoms with van der Waals surface area (Å²) in [5.41, 5.74) is 0.579. The summed E-state index contributed by atoms with van der Waals surface area (Å²) in [4.78, 5) is 25.0. The molecule has 0 aliphatic rings. The Morgan fingerprint density at radius 1 is 1.27 bits per heavy atom. The first kappa shape index (κ1) is 15.6. The average Bonchev–Trinajstić information content (AvgIpc) is 2.87. The SMILES string of the molecule is COc1ccc(-c2noc(=O)n2CC(=O)N(C)C)cc1OC. The molecule has 1 heterocycles. The van der Waals surface area contributed by atoms with Gasteiger partial charge in [0.1, 0.15) is 6.54 Å². The van der Waals surface area contributed by atoms with Crippen LogP contribution in [0.4, 0.5) is 0 Å². The monoisotopic (exact) mass is 307 g/mol. The molecule has 8 heteroatoms. The number of hydrogen-bond acceptors (Lipinski definition) is 6. The standard InChI is InChI=1S/C14H17N3O5/c1-16(2)12(18)8-17-13(15-22-14(17)19)9-5-6-10(20-3)11(7-9)21-4/h5-7H,8H2,1-4H3. The predicted molar refractivity (Wildman–Crippen MR) is 78.0 cm³/mol. The van der Waals surface area contributed by atoms with E-state index in [0.717, 1.165) is 0 Å². The molecule has 0 bridgehead atoms. The Kier molecular flexibility index (Phi) is 4.50. The summed E-state index contributed by atoms with van der Waals surface area (Å²) < 4.78 is 16.2. The second-order valence-electron chi connectivity index (χ2n) is 4.72. The van der Waals surface area contributed by atoms with E-state index in [4.69, 9.17) is 9.47 Å². The molecule has 0 saturated heterocycles. The molecule has 0 saturated carbocycles. The first-order valence-electron chi connectivity index (χ1n) is 6.47. The first-order valence-corrected chi connectivity index (χ1v) is 6.47. The zero-order valence-corrected chi connectivity index (χ0v) is 12.8. The molecular formula is C14H17N3O5. The van der Waals surface area contributed by atoms with Gasteiger partial charge in [0.25, 0.3) is 0 Å². The maximum atomic E-state index is 11.8. The van der Waals surface area contributed by atoms with Gasteiger partial charge in [0.05, 0.1) is 14.2 Å². The molecule has 0 radical (unpaired) electrons. The lowest BCUT2D eigenvalue weighted by Crippen LogP contribution is -2.30. The molecule has 2 rings (SSSR count). The van der Waals surface area contributed by atoms with E-state index < -0.39 is 5.76 Å². The van der Waals surface area contributed by atoms with Gasteiger partial charge < -0.3 is 14.4 Å². The number of aromatic nitrogens is 2. The van der Waals surface area contributed by atoms with E-state index >= 15 is 0 Å². The average molecular weight is 307 g/mol. The molecule has 0 aliphatic carbocycles. The quantitative estimate of drug-likeness (QED) is 0.804. The number of methoxy groups -OCH3 is 2. The highest BCUT2D eigenvalue weighted by molar-refractivity contribution is 5.76. The predicted octanol–water partition coefficient (Wildman–Crippen LogP) is 0.609. The lowest BCUT2D eigenvalue weighted by Gasteiger charge is -2.12. The van der Waals surface area contributed by atoms with E-state index in [1.54, 1.807) is 32.3 Å². The maximum absolute atomic E-state index is 11.8. The smallest absolute Gasteiger partial charge is 0.442 e. The van der Waals surface area contributed by atoms with Crippen LogP contribution in [0.5, 0.6) is 11.5 Å². The summed E-state index contributed by atoms with van der Waals surface area (Å²) in [5.74, 6) is 0.349. The van der Waals surface area contributed by atoms with Crippen molar-refractivity contribution in [1.82, 2.24) is 14.6 Å². The summed E-state index contributed by atoms with van der Waals surface area (Å²) in [6, 6.07) is 5.05. The molecule has 1 amide bonds. The van der Waals surface area contributed by atoms with Crippen molar-refractivity contribution in [3.63, 3.8) is 0 Å². The minimum absolute atomic E-state index is 0.154. The van der Waals surface area contributed by atoms with Crippen molar-refractivity contribution in [2.45, 2.75) is 6.54 Å². The third-order valence-electron chi connectivity index (χ3n) is 3.12. The second-order valence-corrected chi connectivity index (χ2v) is 4.72. The summed E-state index contributed by atoms with van der Waals surface area (Å²) >= 11 is 0. The Balaban J connectivity index is 2.46. The van der Waals surface area contributed by atoms with E-state index in [9.17, 15) is 9.59 Å². The topological polar surface area (TPSA) is 86.8 Å². The maximum Gasteiger partial charge on any atom is 0.442 e. The Morgan fingerprint density at radius 3 is 2.55 bits per heavy atom. The number of rotatable bonds is 5. The Labute approximate surface area is 126 Å². The zero-order valence-electron chi connectivity index (χ0n) is 12.8. The summed E-state index contributed by atoms with van der Waals surface area (Å²) in [5, 5.41) is 3.74. The first-order chi connectivity index (χ1) is 10.5. The van der Waals surface area contributed by atoms with Crippen LogP contribution >= 0.6 is 0 Å². The van der Waals surface area contributed by atoms with Crippen molar-refractivity contribution in [3.8, 4) is 22.9 Å². The number of benzene rings is 1. The van der Waals surface area contributed by atoms with E-state index in [2.05, 4.69) is 9.68 Å². The van der Waals surface area contributed by atoms with E-state index in [0.29, 0.717) is 17.1 Å². The van der Waals surface area contributed by atoms with Gasteiger partial charge in [0.2, 0.25) is 5.91 Å². The second kappa shape index (κ2) is 6.33. The highest BCUT2D eigenvalue weighted by atomic mass is 16.5. The third kappa shape index (κ3) is 2.95. The minimum Gasteiger partial charge on any atom is -0.493 e. The van der Waals surface area contributed by atoms with Crippen molar-refractivity contribution >= 4 is 5.91 Å². The van der Waals surface area contributed by atoms with Gasteiger partial charge in [-0.3, -0.25) is 9.32 Å². The lowest BCUT2D eigenvalue weighted by molar-refractivity contribution is -0.129. The Bertz CT molecular complexity index is 732. The van der Waals surface area contributed by atoms with Gasteiger partial charge in [-0.1, -0.05) is 5.16 Å². The van der Waals surface area contributed by atoms with E-state index in [1.807, 2.05) is 0 Å². The van der Waals surface area contributed by atoms with Crippen molar-refractivity contribution in [3.05, 3.63) is 28.7 Å². The number of amides is 1. The van der Waals surface area contributed by atoms with Gasteiger partial charge in [-0.25, -0.2) is 9.36 Å². The fourth-order valence-corrected chi connectivity index (χ4v) is 1.87. The summed E-state index contributed by atoms with van der Waals surface area (Å²) in [6.45, 7) is -0.154. The molecule has 2 aromatic rings. The molecule has 0 N–H and O–H groups in total. The van der Waals surface area contributed by atoms with Gasteiger partial charge >= 0.3 is 5.76 Å². The van der Waals surface area contributed by atoms with E-state index in [1.165, 1.54) is 23.7 Å². The van der Waals surface area contributed by atoms with Crippen LogP contribution in [0.15, 0.2) is 27.5 Å². The number of carbonyl (C=O) groups excluding carboxylic acids is 1. The Hall–Kier alpha value is -2.77. The van der Waals surface area contributed by atoms with Crippen LogP contribution in [0.1, 0.15) is 0 Å². The minimum atomic E-state index is -0.694. The van der Waals surface area contributed by atoms with Crippen LogP contribution in [0, 0.1) is 0 Å². The van der Waals surface area contributed by atoms with Crippen molar-refractivity contribution in [2.24, 2.45) is 0 Å². The highest BCUT2D eigenvalue weighted by Gasteiger charge is 2.18. The van der Waals surface area contributed by atoms with Crippen molar-refractivity contribution in [1.29, 1.82) is 0 Å². The van der Waals surface area contributed by atoms with Crippen LogP contribution in [0.25, 0.3) is 11.4 Å². The molecule has 0 aliphatic heterocycles. The third-order valence-corrected chi connectivity index (χ3v) is 3.12. The van der Waals surface area contributed by atoms with Crippen LogP contribution in [-0.4, -0.2) is 48.8 Å². The van der Waals surface area contributed by atoms with Gasteiger partial charge in [-0.2, -0.15) is 0 Å². The molecule has 0 unspecified atom stereocenters. The highest BCUT2D eigenvalue weighted by Crippen LogP contribution is 2.31. The summed E-state index contributed by atoms with van der Waals surface area (Å²) in [7, 11) is 6.25. The number of likely N-dealkylation sites (N-methyl/N-ethyl adjacent to an activating group) is 1. The fraction of sp³-hybridized carbons (Fsp3) is 0.357. The van der Waals surface area contributed by atoms with Gasteiger partial charge in [-0.05, 0) is 18.2 Å². The van der Waals surface area contributed by atoms with Crippen LogP contribution in [0.2, 0.25) is 0 Å². The zero-order chi connectivity index (χ0) is 16.3. The Morgan fingerprint density at radius 2 is 1.95 bits per heavy atom. The van der Waals surface area contributed by atoms with Gasteiger partial charge in [-0.15, -0.1) is 0 Å². The fourth-order valence-electron chi connectivity index (χ4n) is 1.87.